The lowest BCUT2D eigenvalue weighted by Crippen LogP contribution is -2.46. The van der Waals surface area contributed by atoms with Gasteiger partial charge in [-0.05, 0) is 56.6 Å². The summed E-state index contributed by atoms with van der Waals surface area (Å²) in [4.78, 5) is 41.0. The van der Waals surface area contributed by atoms with Crippen LogP contribution in [0.2, 0.25) is 5.02 Å². The summed E-state index contributed by atoms with van der Waals surface area (Å²) in [5.74, 6) is 0.368. The van der Waals surface area contributed by atoms with Gasteiger partial charge in [-0.25, -0.2) is 9.98 Å². The van der Waals surface area contributed by atoms with Gasteiger partial charge in [0.25, 0.3) is 5.91 Å². The number of piperazine rings is 1. The van der Waals surface area contributed by atoms with Crippen molar-refractivity contribution in [3.8, 4) is 0 Å². The number of anilines is 1. The number of carbonyl (C=O) groups is 2. The third-order valence-electron chi connectivity index (χ3n) is 7.25. The first-order valence-electron chi connectivity index (χ1n) is 13.0. The van der Waals surface area contributed by atoms with Crippen molar-refractivity contribution in [2.75, 3.05) is 38.1 Å². The van der Waals surface area contributed by atoms with Crippen LogP contribution in [-0.4, -0.2) is 77.9 Å². The number of nitrogens with two attached hydrogens (primary N) is 1. The Balaban J connectivity index is 1.45. The molecule has 0 saturated carbocycles. The van der Waals surface area contributed by atoms with E-state index in [1.165, 1.54) is 18.0 Å². The van der Waals surface area contributed by atoms with E-state index < -0.39 is 6.04 Å². The number of pyridine rings is 1. The van der Waals surface area contributed by atoms with Gasteiger partial charge in [-0.2, -0.15) is 0 Å². The topological polar surface area (TPSA) is 131 Å². The zero-order valence-corrected chi connectivity index (χ0v) is 24.6. The summed E-state index contributed by atoms with van der Waals surface area (Å²) in [5, 5.41) is 11.1. The Labute approximate surface area is 244 Å². The average molecular weight is 586 g/mol. The van der Waals surface area contributed by atoms with Crippen LogP contribution in [0, 0.1) is 5.41 Å². The van der Waals surface area contributed by atoms with E-state index in [2.05, 4.69) is 32.1 Å². The standard InChI is InChI=1S/C28H34Cl2N8O2/c1-16(21-12-25(34-13-23(21)29)37-9-7-36(4)8-10-37)35-27(39)17(2)38-15-20-6-5-19(11-22(20)28(38)40)26(32)24(30)14-33-18(3)31/h5-6,11-14,16-17,31H,7-10,15,32H2,1-4H3,(H,35,39)/t16-,17-/m1/s1. The number of aliphatic imine (C=N–C) groups is 1. The molecule has 10 nitrogen and oxygen atoms in total. The van der Waals surface area contributed by atoms with Crippen LogP contribution < -0.4 is 16.0 Å². The van der Waals surface area contributed by atoms with Gasteiger partial charge < -0.3 is 25.8 Å². The van der Waals surface area contributed by atoms with Crippen LogP contribution in [0.5, 0.6) is 0 Å². The minimum Gasteiger partial charge on any atom is -0.397 e. The molecule has 2 aliphatic rings. The molecule has 1 saturated heterocycles. The van der Waals surface area contributed by atoms with Crippen LogP contribution in [0.1, 0.15) is 53.9 Å². The molecule has 1 aromatic heterocycles. The first-order valence-corrected chi connectivity index (χ1v) is 13.8. The molecule has 0 unspecified atom stereocenters. The van der Waals surface area contributed by atoms with Gasteiger partial charge in [-0.15, -0.1) is 0 Å². The van der Waals surface area contributed by atoms with E-state index in [-0.39, 0.29) is 34.4 Å². The highest BCUT2D eigenvalue weighted by Gasteiger charge is 2.35. The van der Waals surface area contributed by atoms with Gasteiger partial charge in [0.2, 0.25) is 5.91 Å². The average Bonchev–Trinajstić information content (AvgIpc) is 3.26. The summed E-state index contributed by atoms with van der Waals surface area (Å²) in [6.45, 7) is 9.03. The summed E-state index contributed by atoms with van der Waals surface area (Å²) in [5.41, 5.74) is 9.00. The number of aromatic nitrogens is 1. The van der Waals surface area contributed by atoms with Crippen LogP contribution in [0.4, 0.5) is 5.82 Å². The zero-order valence-electron chi connectivity index (χ0n) is 23.0. The number of allylic oxidation sites excluding steroid dienone is 1. The maximum Gasteiger partial charge on any atom is 0.255 e. The highest BCUT2D eigenvalue weighted by atomic mass is 35.5. The Bertz CT molecular complexity index is 1380. The summed E-state index contributed by atoms with van der Waals surface area (Å²) in [6, 6.07) is 6.07. The number of nitrogens with one attached hydrogen (secondary N) is 2. The van der Waals surface area contributed by atoms with Gasteiger partial charge in [0.05, 0.1) is 21.8 Å². The fourth-order valence-corrected chi connectivity index (χ4v) is 5.13. The van der Waals surface area contributed by atoms with E-state index in [0.29, 0.717) is 22.7 Å². The Morgan fingerprint density at radius 2 is 1.93 bits per heavy atom. The first kappa shape index (κ1) is 29.5. The molecule has 40 heavy (non-hydrogen) atoms. The molecule has 2 aliphatic heterocycles. The maximum atomic E-state index is 13.3. The molecule has 212 valence electrons. The predicted molar refractivity (Wildman–Crippen MR) is 160 cm³/mol. The van der Waals surface area contributed by atoms with Crippen molar-refractivity contribution in [1.29, 1.82) is 5.41 Å². The number of rotatable bonds is 7. The van der Waals surface area contributed by atoms with E-state index in [0.717, 1.165) is 43.1 Å². The van der Waals surface area contributed by atoms with Crippen LogP contribution in [-0.2, 0) is 11.3 Å². The van der Waals surface area contributed by atoms with Crippen molar-refractivity contribution in [1.82, 2.24) is 20.1 Å². The normalized spacial score (nSPS) is 18.0. The van der Waals surface area contributed by atoms with Crippen molar-refractivity contribution in [2.45, 2.75) is 39.4 Å². The van der Waals surface area contributed by atoms with Gasteiger partial charge in [0, 0.05) is 50.7 Å². The number of nitrogens with zero attached hydrogens (tertiary/aromatic N) is 5. The summed E-state index contributed by atoms with van der Waals surface area (Å²) >= 11 is 12.7. The third kappa shape index (κ3) is 6.46. The number of fused-ring (bicyclic) bond motifs is 1. The lowest BCUT2D eigenvalue weighted by atomic mass is 10.0. The van der Waals surface area contributed by atoms with Gasteiger partial charge in [0.1, 0.15) is 17.7 Å². The van der Waals surface area contributed by atoms with Crippen molar-refractivity contribution in [3.05, 3.63) is 62.8 Å². The molecule has 2 aromatic rings. The second-order valence-electron chi connectivity index (χ2n) is 10.2. The molecule has 0 spiro atoms. The van der Waals surface area contributed by atoms with E-state index in [9.17, 15) is 9.59 Å². The van der Waals surface area contributed by atoms with Crippen molar-refractivity contribution < 1.29 is 9.59 Å². The highest BCUT2D eigenvalue weighted by molar-refractivity contribution is 6.42. The van der Waals surface area contributed by atoms with E-state index in [1.807, 2.05) is 19.1 Å². The molecular formula is C28H34Cl2N8O2. The van der Waals surface area contributed by atoms with Gasteiger partial charge >= 0.3 is 0 Å². The number of benzene rings is 1. The third-order valence-corrected chi connectivity index (χ3v) is 7.87. The predicted octanol–water partition coefficient (Wildman–Crippen LogP) is 3.64. The summed E-state index contributed by atoms with van der Waals surface area (Å²) in [6.07, 6.45) is 2.93. The number of amides is 2. The molecule has 0 aliphatic carbocycles. The van der Waals surface area contributed by atoms with Crippen molar-refractivity contribution >= 4 is 58.6 Å². The first-order chi connectivity index (χ1) is 19.0. The molecule has 1 aromatic carbocycles. The second kappa shape index (κ2) is 12.4. The van der Waals surface area contributed by atoms with Crippen LogP contribution in [0.3, 0.4) is 0 Å². The quantitative estimate of drug-likeness (QED) is 0.336. The Morgan fingerprint density at radius 1 is 1.23 bits per heavy atom. The van der Waals surface area contributed by atoms with E-state index >= 15 is 0 Å². The molecule has 4 N–H and O–H groups in total. The van der Waals surface area contributed by atoms with Crippen LogP contribution in [0.25, 0.3) is 5.70 Å². The minimum absolute atomic E-state index is 0.0916. The van der Waals surface area contributed by atoms with Crippen LogP contribution >= 0.6 is 23.2 Å². The van der Waals surface area contributed by atoms with E-state index in [4.69, 9.17) is 34.3 Å². The van der Waals surface area contributed by atoms with Gasteiger partial charge in [-0.1, -0.05) is 35.3 Å². The van der Waals surface area contributed by atoms with Crippen molar-refractivity contribution in [2.24, 2.45) is 10.7 Å². The lowest BCUT2D eigenvalue weighted by Gasteiger charge is -2.33. The molecule has 2 amide bonds. The molecule has 4 rings (SSSR count). The minimum atomic E-state index is -0.720. The number of hydrogen-bond donors (Lipinski definition) is 3. The van der Waals surface area contributed by atoms with Gasteiger partial charge in [-0.3, -0.25) is 15.0 Å². The Hall–Kier alpha value is -3.47. The summed E-state index contributed by atoms with van der Waals surface area (Å²) in [7, 11) is 2.10. The Kier molecular flexibility index (Phi) is 9.12. The molecule has 12 heteroatoms. The largest absolute Gasteiger partial charge is 0.397 e. The number of carbonyl (C=O) groups excluding carboxylic acids is 2. The van der Waals surface area contributed by atoms with E-state index in [1.54, 1.807) is 25.3 Å². The molecule has 0 radical (unpaired) electrons. The molecular weight excluding hydrogens is 551 g/mol. The smallest absolute Gasteiger partial charge is 0.255 e. The number of halogens is 2. The second-order valence-corrected chi connectivity index (χ2v) is 11.0. The Morgan fingerprint density at radius 3 is 2.60 bits per heavy atom. The molecule has 3 heterocycles. The molecule has 0 bridgehead atoms. The van der Waals surface area contributed by atoms with Gasteiger partial charge in [0.15, 0.2) is 0 Å². The number of likely N-dealkylation sites (N-methyl/N-ethyl adjacent to an activating group) is 1. The fourth-order valence-electron chi connectivity index (χ4n) is 4.70. The van der Waals surface area contributed by atoms with Crippen LogP contribution in [0.15, 0.2) is 40.5 Å². The lowest BCUT2D eigenvalue weighted by molar-refractivity contribution is -0.125. The van der Waals surface area contributed by atoms with Crippen molar-refractivity contribution in [3.63, 3.8) is 0 Å². The maximum absolute atomic E-state index is 13.3. The molecule has 2 atom stereocenters. The number of hydrogen-bond acceptors (Lipinski definition) is 7. The number of amidine groups is 1. The summed E-state index contributed by atoms with van der Waals surface area (Å²) < 4.78 is 0. The zero-order chi connectivity index (χ0) is 29.1. The fraction of sp³-hybridized carbons (Fsp3) is 0.393. The highest BCUT2D eigenvalue weighted by Crippen LogP contribution is 2.30. The monoisotopic (exact) mass is 584 g/mol. The molecule has 1 fully saturated rings. The SMILES string of the molecule is CC(=N)N=CC(Cl)=C(N)c1ccc2c(c1)C(=O)N([C@H](C)C(=O)N[C@H](C)c1cc(N3CCN(C)CC3)ncc1Cl)C2.